The van der Waals surface area contributed by atoms with Crippen LogP contribution in [0.4, 0.5) is 0 Å². The molecular weight excluding hydrogens is 230 g/mol. The summed E-state index contributed by atoms with van der Waals surface area (Å²) in [6.07, 6.45) is -0.586. The third kappa shape index (κ3) is 2.30. The Morgan fingerprint density at radius 1 is 1.46 bits per heavy atom. The van der Waals surface area contributed by atoms with Gasteiger partial charge in [0.15, 0.2) is 0 Å². The van der Waals surface area contributed by atoms with Crippen molar-refractivity contribution in [3.8, 4) is 0 Å². The van der Waals surface area contributed by atoms with Crippen LogP contribution in [0, 0.1) is 6.92 Å². The van der Waals surface area contributed by atoms with Crippen LogP contribution in [-0.4, -0.2) is 11.1 Å². The van der Waals surface area contributed by atoms with Gasteiger partial charge in [0, 0.05) is 10.5 Å². The average molecular weight is 244 g/mol. The predicted molar refractivity (Wildman–Crippen MR) is 57.5 cm³/mol. The van der Waals surface area contributed by atoms with Crippen molar-refractivity contribution in [3.05, 3.63) is 33.8 Å². The zero-order valence-electron chi connectivity index (χ0n) is 7.79. The normalized spacial score (nSPS) is 15.5. The van der Waals surface area contributed by atoms with Crippen LogP contribution in [0.2, 0.25) is 0 Å². The number of hydrogen-bond acceptors (Lipinski definition) is 2. The Hall–Kier alpha value is -0.380. The second-order valence-corrected chi connectivity index (χ2v) is 4.11. The molecule has 0 fully saturated rings. The largest absolute Gasteiger partial charge is 0.387 e. The minimum Gasteiger partial charge on any atom is -0.387 e. The van der Waals surface area contributed by atoms with E-state index < -0.39 is 6.10 Å². The average Bonchev–Trinajstić information content (AvgIpc) is 2.08. The van der Waals surface area contributed by atoms with Gasteiger partial charge in [-0.2, -0.15) is 0 Å². The summed E-state index contributed by atoms with van der Waals surface area (Å²) in [6, 6.07) is 5.51. The highest BCUT2D eigenvalue weighted by atomic mass is 79.9. The van der Waals surface area contributed by atoms with E-state index in [1.807, 2.05) is 25.1 Å². The summed E-state index contributed by atoms with van der Waals surface area (Å²) in [5.41, 5.74) is 7.56. The monoisotopic (exact) mass is 243 g/mol. The van der Waals surface area contributed by atoms with Crippen LogP contribution >= 0.6 is 15.9 Å². The molecule has 0 saturated heterocycles. The van der Waals surface area contributed by atoms with Crippen molar-refractivity contribution in [2.45, 2.75) is 26.0 Å². The third-order valence-corrected chi connectivity index (χ3v) is 2.99. The molecule has 2 atom stereocenters. The number of aliphatic hydroxyl groups excluding tert-OH is 1. The van der Waals surface area contributed by atoms with Gasteiger partial charge in [0.25, 0.3) is 0 Å². The molecule has 13 heavy (non-hydrogen) atoms. The predicted octanol–water partition coefficient (Wildman–Crippen LogP) is 2.14. The first-order valence-corrected chi connectivity index (χ1v) is 5.02. The van der Waals surface area contributed by atoms with Gasteiger partial charge < -0.3 is 10.8 Å². The van der Waals surface area contributed by atoms with Gasteiger partial charge in [0.1, 0.15) is 0 Å². The lowest BCUT2D eigenvalue weighted by Gasteiger charge is -2.17. The maximum atomic E-state index is 9.76. The highest BCUT2D eigenvalue weighted by Gasteiger charge is 2.15. The first-order chi connectivity index (χ1) is 6.04. The fraction of sp³-hybridized carbons (Fsp3) is 0.400. The summed E-state index contributed by atoms with van der Waals surface area (Å²) in [5.74, 6) is 0. The van der Waals surface area contributed by atoms with Crippen LogP contribution in [0.15, 0.2) is 22.7 Å². The van der Waals surface area contributed by atoms with E-state index in [1.165, 1.54) is 0 Å². The van der Waals surface area contributed by atoms with E-state index in [2.05, 4.69) is 15.9 Å². The fourth-order valence-electron chi connectivity index (χ4n) is 1.23. The van der Waals surface area contributed by atoms with Crippen LogP contribution in [0.3, 0.4) is 0 Å². The Morgan fingerprint density at radius 3 is 2.62 bits per heavy atom. The number of rotatable bonds is 2. The molecule has 2 nitrogen and oxygen atoms in total. The summed E-state index contributed by atoms with van der Waals surface area (Å²) in [7, 11) is 0. The van der Waals surface area contributed by atoms with Crippen molar-refractivity contribution in [2.24, 2.45) is 5.73 Å². The van der Waals surface area contributed by atoms with Gasteiger partial charge in [-0.15, -0.1) is 0 Å². The van der Waals surface area contributed by atoms with E-state index in [9.17, 15) is 5.11 Å². The van der Waals surface area contributed by atoms with Crippen LogP contribution in [0.25, 0.3) is 0 Å². The summed E-state index contributed by atoms with van der Waals surface area (Å²) >= 11 is 3.41. The summed E-state index contributed by atoms with van der Waals surface area (Å²) in [5, 5.41) is 9.76. The molecule has 3 heteroatoms. The molecule has 1 aromatic carbocycles. The molecule has 0 radical (unpaired) electrons. The summed E-state index contributed by atoms with van der Waals surface area (Å²) < 4.78 is 1.00. The van der Waals surface area contributed by atoms with E-state index in [0.29, 0.717) is 0 Å². The quantitative estimate of drug-likeness (QED) is 0.837. The lowest BCUT2D eigenvalue weighted by Crippen LogP contribution is -2.25. The highest BCUT2D eigenvalue weighted by molar-refractivity contribution is 9.10. The molecule has 0 aromatic heterocycles. The van der Waals surface area contributed by atoms with Crippen molar-refractivity contribution in [3.63, 3.8) is 0 Å². The standard InChI is InChI=1S/C10H14BrNO/c1-6-8(10(13)7(2)12)4-3-5-9(6)11/h3-5,7,10,13H,12H2,1-2H3/t7-,10-/m1/s1. The Bertz CT molecular complexity index is 299. The molecule has 0 spiro atoms. The molecule has 1 rings (SSSR count). The Kier molecular flexibility index (Phi) is 3.47. The minimum absolute atomic E-state index is 0.243. The molecule has 0 unspecified atom stereocenters. The molecule has 72 valence electrons. The molecule has 0 amide bonds. The van der Waals surface area contributed by atoms with E-state index in [1.54, 1.807) is 6.92 Å². The van der Waals surface area contributed by atoms with Crippen LogP contribution in [-0.2, 0) is 0 Å². The molecule has 1 aromatic rings. The van der Waals surface area contributed by atoms with E-state index in [0.717, 1.165) is 15.6 Å². The topological polar surface area (TPSA) is 46.2 Å². The lowest BCUT2D eigenvalue weighted by molar-refractivity contribution is 0.152. The maximum absolute atomic E-state index is 9.76. The van der Waals surface area contributed by atoms with Crippen LogP contribution < -0.4 is 5.73 Å². The number of halogens is 1. The Morgan fingerprint density at radius 2 is 2.08 bits per heavy atom. The van der Waals surface area contributed by atoms with E-state index in [4.69, 9.17) is 5.73 Å². The van der Waals surface area contributed by atoms with Crippen molar-refractivity contribution in [1.29, 1.82) is 0 Å². The van der Waals surface area contributed by atoms with Gasteiger partial charge in [-0.05, 0) is 31.0 Å². The van der Waals surface area contributed by atoms with Gasteiger partial charge in [-0.25, -0.2) is 0 Å². The van der Waals surface area contributed by atoms with E-state index in [-0.39, 0.29) is 6.04 Å². The molecule has 0 aliphatic carbocycles. The summed E-state index contributed by atoms with van der Waals surface area (Å²) in [4.78, 5) is 0. The molecule has 3 N–H and O–H groups in total. The number of benzene rings is 1. The van der Waals surface area contributed by atoms with Crippen LogP contribution in [0.5, 0.6) is 0 Å². The van der Waals surface area contributed by atoms with E-state index >= 15 is 0 Å². The molecule has 0 bridgehead atoms. The molecular formula is C10H14BrNO. The molecule has 0 aliphatic heterocycles. The summed E-state index contributed by atoms with van der Waals surface area (Å²) in [6.45, 7) is 3.76. The maximum Gasteiger partial charge on any atom is 0.0941 e. The van der Waals surface area contributed by atoms with Gasteiger partial charge in [0.05, 0.1) is 6.10 Å². The first-order valence-electron chi connectivity index (χ1n) is 4.22. The number of hydrogen-bond donors (Lipinski definition) is 2. The SMILES string of the molecule is Cc1c(Br)cccc1[C@H](O)[C@@H](C)N. The number of nitrogens with two attached hydrogens (primary N) is 1. The number of aliphatic hydroxyl groups is 1. The highest BCUT2D eigenvalue weighted by Crippen LogP contribution is 2.25. The van der Waals surface area contributed by atoms with Gasteiger partial charge >= 0.3 is 0 Å². The third-order valence-electron chi connectivity index (χ3n) is 2.13. The second-order valence-electron chi connectivity index (χ2n) is 3.26. The Labute approximate surface area is 86.9 Å². The van der Waals surface area contributed by atoms with Gasteiger partial charge in [-0.3, -0.25) is 0 Å². The smallest absolute Gasteiger partial charge is 0.0941 e. The minimum atomic E-state index is -0.586. The zero-order chi connectivity index (χ0) is 10.0. The van der Waals surface area contributed by atoms with Gasteiger partial charge in [0.2, 0.25) is 0 Å². The fourth-order valence-corrected chi connectivity index (χ4v) is 1.61. The van der Waals surface area contributed by atoms with Crippen LogP contribution in [0.1, 0.15) is 24.2 Å². The van der Waals surface area contributed by atoms with Crippen molar-refractivity contribution in [1.82, 2.24) is 0 Å². The molecule has 0 aliphatic rings. The lowest BCUT2D eigenvalue weighted by atomic mass is 9.99. The van der Waals surface area contributed by atoms with Gasteiger partial charge in [-0.1, -0.05) is 28.1 Å². The Balaban J connectivity index is 3.07. The van der Waals surface area contributed by atoms with Crippen molar-refractivity contribution >= 4 is 15.9 Å². The van der Waals surface area contributed by atoms with Crippen molar-refractivity contribution < 1.29 is 5.11 Å². The second kappa shape index (κ2) is 4.22. The first kappa shape index (κ1) is 10.7. The molecule has 0 saturated carbocycles. The molecule has 0 heterocycles. The zero-order valence-corrected chi connectivity index (χ0v) is 9.38. The van der Waals surface area contributed by atoms with Crippen molar-refractivity contribution in [2.75, 3.05) is 0 Å².